The van der Waals surface area contributed by atoms with Crippen molar-refractivity contribution < 1.29 is 14.3 Å². The summed E-state index contributed by atoms with van der Waals surface area (Å²) in [7, 11) is 1.67. The van der Waals surface area contributed by atoms with E-state index in [9.17, 15) is 4.79 Å². The first kappa shape index (κ1) is 17.4. The number of rotatable bonds is 11. The van der Waals surface area contributed by atoms with E-state index in [1.54, 1.807) is 7.11 Å². The molecule has 1 aliphatic carbocycles. The van der Waals surface area contributed by atoms with E-state index in [-0.39, 0.29) is 11.9 Å². The Labute approximate surface area is 122 Å². The van der Waals surface area contributed by atoms with Crippen LogP contribution < -0.4 is 10.6 Å². The molecule has 5 nitrogen and oxygen atoms in total. The molecule has 1 atom stereocenters. The highest BCUT2D eigenvalue weighted by atomic mass is 16.5. The van der Waals surface area contributed by atoms with Crippen molar-refractivity contribution in [3.05, 3.63) is 0 Å². The molecule has 1 unspecified atom stereocenters. The zero-order chi connectivity index (χ0) is 14.6. The van der Waals surface area contributed by atoms with Crippen LogP contribution in [0.3, 0.4) is 0 Å². The first-order valence-electron chi connectivity index (χ1n) is 7.84. The maximum atomic E-state index is 11.9. The molecule has 1 rings (SSSR count). The number of hydrogen-bond donors (Lipinski definition) is 2. The van der Waals surface area contributed by atoms with E-state index >= 15 is 0 Å². The van der Waals surface area contributed by atoms with Gasteiger partial charge in [0.15, 0.2) is 0 Å². The van der Waals surface area contributed by atoms with Crippen molar-refractivity contribution in [3.63, 3.8) is 0 Å². The molecule has 0 spiro atoms. The third-order valence-electron chi connectivity index (χ3n) is 3.69. The van der Waals surface area contributed by atoms with E-state index in [2.05, 4.69) is 10.6 Å². The second-order valence-electron chi connectivity index (χ2n) is 5.48. The lowest BCUT2D eigenvalue weighted by Crippen LogP contribution is -2.45. The molecule has 118 valence electrons. The van der Waals surface area contributed by atoms with Gasteiger partial charge in [0.25, 0.3) is 0 Å². The second kappa shape index (κ2) is 11.1. The van der Waals surface area contributed by atoms with Gasteiger partial charge in [0.05, 0.1) is 19.3 Å². The lowest BCUT2D eigenvalue weighted by atomic mass is 10.2. The van der Waals surface area contributed by atoms with Gasteiger partial charge in [-0.05, 0) is 39.2 Å². The van der Waals surface area contributed by atoms with Crippen LogP contribution in [0.4, 0.5) is 0 Å². The van der Waals surface area contributed by atoms with Gasteiger partial charge in [-0.1, -0.05) is 12.8 Å². The van der Waals surface area contributed by atoms with Crippen molar-refractivity contribution in [2.45, 2.75) is 57.5 Å². The first-order chi connectivity index (χ1) is 9.74. The van der Waals surface area contributed by atoms with Gasteiger partial charge in [-0.2, -0.15) is 0 Å². The zero-order valence-corrected chi connectivity index (χ0v) is 13.0. The molecule has 0 heterocycles. The standard InChI is InChI=1S/C15H30N2O3/c1-13(15(18)17-14-7-3-4-8-14)16-9-5-6-10-20-12-11-19-2/h13-14,16H,3-12H2,1-2H3,(H,17,18). The van der Waals surface area contributed by atoms with E-state index < -0.39 is 0 Å². The molecular weight excluding hydrogens is 256 g/mol. The maximum Gasteiger partial charge on any atom is 0.237 e. The minimum atomic E-state index is -0.106. The third kappa shape index (κ3) is 7.82. The van der Waals surface area contributed by atoms with E-state index in [0.717, 1.165) is 38.8 Å². The lowest BCUT2D eigenvalue weighted by molar-refractivity contribution is -0.123. The number of hydrogen-bond acceptors (Lipinski definition) is 4. The van der Waals surface area contributed by atoms with Gasteiger partial charge in [0.1, 0.15) is 0 Å². The van der Waals surface area contributed by atoms with Crippen LogP contribution in [0.1, 0.15) is 45.4 Å². The predicted molar refractivity (Wildman–Crippen MR) is 79.8 cm³/mol. The van der Waals surface area contributed by atoms with Gasteiger partial charge >= 0.3 is 0 Å². The molecule has 0 saturated heterocycles. The van der Waals surface area contributed by atoms with Crippen LogP contribution in [0, 0.1) is 0 Å². The molecule has 5 heteroatoms. The normalized spacial score (nSPS) is 17.3. The fourth-order valence-corrected chi connectivity index (χ4v) is 2.38. The SMILES string of the molecule is COCCOCCCCNC(C)C(=O)NC1CCCC1. The minimum absolute atomic E-state index is 0.106. The zero-order valence-electron chi connectivity index (χ0n) is 13.0. The number of methoxy groups -OCH3 is 1. The van der Waals surface area contributed by atoms with Crippen LogP contribution >= 0.6 is 0 Å². The van der Waals surface area contributed by atoms with Crippen LogP contribution in [-0.2, 0) is 14.3 Å². The van der Waals surface area contributed by atoms with Crippen molar-refractivity contribution in [2.24, 2.45) is 0 Å². The summed E-state index contributed by atoms with van der Waals surface area (Å²) in [5.74, 6) is 0.133. The Morgan fingerprint density at radius 3 is 2.65 bits per heavy atom. The Bertz CT molecular complexity index is 256. The summed E-state index contributed by atoms with van der Waals surface area (Å²) < 4.78 is 10.3. The number of amides is 1. The van der Waals surface area contributed by atoms with Crippen molar-refractivity contribution in [1.82, 2.24) is 10.6 Å². The highest BCUT2D eigenvalue weighted by molar-refractivity contribution is 5.81. The molecule has 2 N–H and O–H groups in total. The molecule has 0 aliphatic heterocycles. The average molecular weight is 286 g/mol. The molecule has 1 saturated carbocycles. The minimum Gasteiger partial charge on any atom is -0.382 e. The van der Waals surface area contributed by atoms with Gasteiger partial charge < -0.3 is 20.1 Å². The van der Waals surface area contributed by atoms with Crippen molar-refractivity contribution >= 4 is 5.91 Å². The number of carbonyl (C=O) groups excluding carboxylic acids is 1. The number of nitrogens with one attached hydrogen (secondary N) is 2. The molecule has 0 bridgehead atoms. The van der Waals surface area contributed by atoms with Crippen LogP contribution in [0.15, 0.2) is 0 Å². The fourth-order valence-electron chi connectivity index (χ4n) is 2.38. The average Bonchev–Trinajstić information content (AvgIpc) is 2.94. The van der Waals surface area contributed by atoms with Crippen molar-refractivity contribution in [1.29, 1.82) is 0 Å². The largest absolute Gasteiger partial charge is 0.382 e. The Balaban J connectivity index is 1.93. The smallest absolute Gasteiger partial charge is 0.237 e. The van der Waals surface area contributed by atoms with E-state index in [4.69, 9.17) is 9.47 Å². The second-order valence-corrected chi connectivity index (χ2v) is 5.48. The summed E-state index contributed by atoms with van der Waals surface area (Å²) in [6, 6.07) is 0.297. The van der Waals surface area contributed by atoms with Gasteiger partial charge in [-0.15, -0.1) is 0 Å². The summed E-state index contributed by atoms with van der Waals surface area (Å²) in [6.07, 6.45) is 6.79. The summed E-state index contributed by atoms with van der Waals surface area (Å²) in [5.41, 5.74) is 0. The Kier molecular flexibility index (Phi) is 9.62. The Morgan fingerprint density at radius 1 is 1.20 bits per heavy atom. The highest BCUT2D eigenvalue weighted by Crippen LogP contribution is 2.17. The monoisotopic (exact) mass is 286 g/mol. The number of unbranched alkanes of at least 4 members (excludes halogenated alkanes) is 1. The lowest BCUT2D eigenvalue weighted by Gasteiger charge is -2.17. The van der Waals surface area contributed by atoms with Crippen LogP contribution in [-0.4, -0.2) is 51.5 Å². The molecular formula is C15H30N2O3. The van der Waals surface area contributed by atoms with Crippen LogP contribution in [0.2, 0.25) is 0 Å². The Morgan fingerprint density at radius 2 is 1.95 bits per heavy atom. The van der Waals surface area contributed by atoms with Gasteiger partial charge in [-0.3, -0.25) is 4.79 Å². The van der Waals surface area contributed by atoms with Gasteiger partial charge in [0, 0.05) is 19.8 Å². The van der Waals surface area contributed by atoms with Crippen molar-refractivity contribution in [3.8, 4) is 0 Å². The summed E-state index contributed by atoms with van der Waals surface area (Å²) in [5, 5.41) is 6.38. The number of carbonyl (C=O) groups is 1. The van der Waals surface area contributed by atoms with Crippen LogP contribution in [0.25, 0.3) is 0 Å². The topological polar surface area (TPSA) is 59.6 Å². The molecule has 1 amide bonds. The number of ether oxygens (including phenoxy) is 2. The van der Waals surface area contributed by atoms with Gasteiger partial charge in [0.2, 0.25) is 5.91 Å². The molecule has 1 aliphatic rings. The van der Waals surface area contributed by atoms with Gasteiger partial charge in [-0.25, -0.2) is 0 Å². The Hall–Kier alpha value is -0.650. The summed E-state index contributed by atoms with van der Waals surface area (Å²) >= 11 is 0. The molecule has 20 heavy (non-hydrogen) atoms. The summed E-state index contributed by atoms with van der Waals surface area (Å²) in [6.45, 7) is 4.85. The fraction of sp³-hybridized carbons (Fsp3) is 0.933. The van der Waals surface area contributed by atoms with Crippen LogP contribution in [0.5, 0.6) is 0 Å². The molecule has 0 aromatic carbocycles. The molecule has 0 aromatic rings. The van der Waals surface area contributed by atoms with Crippen molar-refractivity contribution in [2.75, 3.05) is 33.5 Å². The van der Waals surface area contributed by atoms with E-state index in [0.29, 0.717) is 19.3 Å². The highest BCUT2D eigenvalue weighted by Gasteiger charge is 2.19. The quantitative estimate of drug-likeness (QED) is 0.565. The first-order valence-corrected chi connectivity index (χ1v) is 7.84. The third-order valence-corrected chi connectivity index (χ3v) is 3.69. The summed E-state index contributed by atoms with van der Waals surface area (Å²) in [4.78, 5) is 11.9. The molecule has 0 radical (unpaired) electrons. The molecule has 0 aromatic heterocycles. The maximum absolute atomic E-state index is 11.9. The predicted octanol–water partition coefficient (Wildman–Crippen LogP) is 1.47. The van der Waals surface area contributed by atoms with E-state index in [1.807, 2.05) is 6.92 Å². The molecule has 1 fully saturated rings. The van der Waals surface area contributed by atoms with E-state index in [1.165, 1.54) is 12.8 Å².